The lowest BCUT2D eigenvalue weighted by atomic mass is 10.1. The predicted octanol–water partition coefficient (Wildman–Crippen LogP) is 4.27. The van der Waals surface area contributed by atoms with Crippen LogP contribution in [0.5, 0.6) is 0 Å². The minimum Gasteiger partial charge on any atom is -0.368 e. The van der Waals surface area contributed by atoms with E-state index in [4.69, 9.17) is 23.2 Å². The minimum atomic E-state index is 0.380. The average Bonchev–Trinajstić information content (AvgIpc) is 2.58. The summed E-state index contributed by atoms with van der Waals surface area (Å²) in [4.78, 5) is 9.00. The number of halogens is 2. The Hall–Kier alpha value is -1.29. The number of hydrogen-bond donors (Lipinski definition) is 0. The maximum Gasteiger partial charge on any atom is 0.0825 e. The van der Waals surface area contributed by atoms with Gasteiger partial charge in [-0.05, 0) is 30.7 Å². The minimum absolute atomic E-state index is 0.380. The fraction of sp³-hybridized carbons (Fsp3) is 0.353. The summed E-state index contributed by atoms with van der Waals surface area (Å²) in [5, 5.41) is 1.27. The van der Waals surface area contributed by atoms with Gasteiger partial charge in [0.1, 0.15) is 0 Å². The zero-order chi connectivity index (χ0) is 15.5. The normalized spacial score (nSPS) is 17.5. The Labute approximate surface area is 141 Å². The van der Waals surface area contributed by atoms with Crippen LogP contribution < -0.4 is 4.90 Å². The van der Waals surface area contributed by atoms with Crippen LogP contribution in [0.1, 0.15) is 18.5 Å². The summed E-state index contributed by atoms with van der Waals surface area (Å²) in [6.45, 7) is 6.13. The van der Waals surface area contributed by atoms with Gasteiger partial charge in [-0.1, -0.05) is 35.3 Å². The zero-order valence-electron chi connectivity index (χ0n) is 12.5. The van der Waals surface area contributed by atoms with Gasteiger partial charge >= 0.3 is 0 Å². The molecule has 3 rings (SSSR count). The van der Waals surface area contributed by atoms with Crippen molar-refractivity contribution in [3.63, 3.8) is 0 Å². The van der Waals surface area contributed by atoms with Crippen molar-refractivity contribution in [3.05, 3.63) is 58.3 Å². The molecule has 1 aliphatic heterocycles. The molecule has 1 saturated heterocycles. The fourth-order valence-corrected chi connectivity index (χ4v) is 3.34. The summed E-state index contributed by atoms with van der Waals surface area (Å²) in [6.07, 6.45) is 3.76. The van der Waals surface area contributed by atoms with Crippen LogP contribution in [0.2, 0.25) is 10.0 Å². The van der Waals surface area contributed by atoms with Crippen molar-refractivity contribution in [1.29, 1.82) is 0 Å². The van der Waals surface area contributed by atoms with Crippen LogP contribution in [0.25, 0.3) is 0 Å². The second-order valence-corrected chi connectivity index (χ2v) is 6.34. The highest BCUT2D eigenvalue weighted by atomic mass is 35.5. The van der Waals surface area contributed by atoms with Crippen molar-refractivity contribution in [2.45, 2.75) is 13.0 Å². The van der Waals surface area contributed by atoms with Crippen molar-refractivity contribution in [1.82, 2.24) is 9.88 Å². The van der Waals surface area contributed by atoms with E-state index in [0.717, 1.165) is 31.9 Å². The molecule has 0 spiro atoms. The number of aromatic nitrogens is 1. The molecule has 0 radical (unpaired) electrons. The summed E-state index contributed by atoms with van der Waals surface area (Å²) in [5.74, 6) is 0. The maximum atomic E-state index is 6.33. The molecule has 1 fully saturated rings. The van der Waals surface area contributed by atoms with Crippen LogP contribution in [0.15, 0.2) is 42.7 Å². The first-order valence-electron chi connectivity index (χ1n) is 7.50. The van der Waals surface area contributed by atoms with Gasteiger partial charge < -0.3 is 4.90 Å². The van der Waals surface area contributed by atoms with Gasteiger partial charge in [0.15, 0.2) is 0 Å². The molecule has 1 atom stereocenters. The number of pyridine rings is 1. The van der Waals surface area contributed by atoms with Crippen molar-refractivity contribution in [2.75, 3.05) is 31.1 Å². The third-order valence-corrected chi connectivity index (χ3v) is 5.11. The van der Waals surface area contributed by atoms with E-state index in [2.05, 4.69) is 27.8 Å². The van der Waals surface area contributed by atoms with E-state index in [-0.39, 0.29) is 0 Å². The molecule has 116 valence electrons. The highest BCUT2D eigenvalue weighted by Gasteiger charge is 2.23. The molecule has 0 saturated carbocycles. The molecule has 2 aromatic rings. The van der Waals surface area contributed by atoms with Crippen molar-refractivity contribution in [2.24, 2.45) is 0 Å². The van der Waals surface area contributed by atoms with Crippen LogP contribution >= 0.6 is 23.2 Å². The second-order valence-electron chi connectivity index (χ2n) is 5.56. The van der Waals surface area contributed by atoms with Crippen molar-refractivity contribution in [3.8, 4) is 0 Å². The molecule has 2 heterocycles. The monoisotopic (exact) mass is 335 g/mol. The molecule has 22 heavy (non-hydrogen) atoms. The Balaban J connectivity index is 1.66. The second kappa shape index (κ2) is 6.86. The number of rotatable bonds is 3. The molecule has 1 aliphatic rings. The van der Waals surface area contributed by atoms with Crippen LogP contribution in [-0.2, 0) is 0 Å². The summed E-state index contributed by atoms with van der Waals surface area (Å²) in [6, 6.07) is 10.3. The third-order valence-electron chi connectivity index (χ3n) is 4.30. The first kappa shape index (κ1) is 15.6. The standard InChI is InChI=1S/C17H19Cl2N3/c1-13(14-4-3-7-20-12-14)21-8-10-22(11-9-21)16-6-2-5-15(18)17(16)19/h2-7,12-13H,8-11H2,1H3. The van der Waals surface area contributed by atoms with Gasteiger partial charge in [-0.15, -0.1) is 0 Å². The number of piperazine rings is 1. The van der Waals surface area contributed by atoms with Gasteiger partial charge in [0, 0.05) is 44.6 Å². The zero-order valence-corrected chi connectivity index (χ0v) is 14.1. The Morgan fingerprint density at radius 3 is 2.50 bits per heavy atom. The third kappa shape index (κ3) is 3.22. The largest absolute Gasteiger partial charge is 0.368 e. The Bertz CT molecular complexity index is 625. The summed E-state index contributed by atoms with van der Waals surface area (Å²) in [5.41, 5.74) is 2.29. The van der Waals surface area contributed by atoms with E-state index in [1.165, 1.54) is 5.56 Å². The molecule has 3 nitrogen and oxygen atoms in total. The quantitative estimate of drug-likeness (QED) is 0.834. The van der Waals surface area contributed by atoms with E-state index in [1.54, 1.807) is 0 Å². The lowest BCUT2D eigenvalue weighted by molar-refractivity contribution is 0.198. The maximum absolute atomic E-state index is 6.33. The van der Waals surface area contributed by atoms with E-state index >= 15 is 0 Å². The SMILES string of the molecule is CC(c1cccnc1)N1CCN(c2cccc(Cl)c2Cl)CC1. The van der Waals surface area contributed by atoms with E-state index in [9.17, 15) is 0 Å². The molecule has 0 N–H and O–H groups in total. The number of benzene rings is 1. The topological polar surface area (TPSA) is 19.4 Å². The molecule has 0 aliphatic carbocycles. The highest BCUT2D eigenvalue weighted by Crippen LogP contribution is 2.33. The van der Waals surface area contributed by atoms with E-state index in [1.807, 2.05) is 36.7 Å². The summed E-state index contributed by atoms with van der Waals surface area (Å²) < 4.78 is 0. The molecule has 1 unspecified atom stereocenters. The molecule has 1 aromatic carbocycles. The Morgan fingerprint density at radius 1 is 1.05 bits per heavy atom. The van der Waals surface area contributed by atoms with Crippen LogP contribution in [-0.4, -0.2) is 36.1 Å². The van der Waals surface area contributed by atoms with E-state index < -0.39 is 0 Å². The van der Waals surface area contributed by atoms with Gasteiger partial charge in [0.05, 0.1) is 15.7 Å². The predicted molar refractivity (Wildman–Crippen MR) is 92.9 cm³/mol. The Morgan fingerprint density at radius 2 is 1.82 bits per heavy atom. The smallest absolute Gasteiger partial charge is 0.0825 e. The van der Waals surface area contributed by atoms with Crippen molar-refractivity contribution < 1.29 is 0 Å². The van der Waals surface area contributed by atoms with Gasteiger partial charge in [-0.3, -0.25) is 9.88 Å². The Kier molecular flexibility index (Phi) is 4.87. The number of anilines is 1. The van der Waals surface area contributed by atoms with E-state index in [0.29, 0.717) is 16.1 Å². The van der Waals surface area contributed by atoms with Crippen LogP contribution in [0, 0.1) is 0 Å². The van der Waals surface area contributed by atoms with Crippen LogP contribution in [0.4, 0.5) is 5.69 Å². The van der Waals surface area contributed by atoms with Crippen LogP contribution in [0.3, 0.4) is 0 Å². The average molecular weight is 336 g/mol. The summed E-state index contributed by atoms with van der Waals surface area (Å²) >= 11 is 12.4. The van der Waals surface area contributed by atoms with Gasteiger partial charge in [-0.2, -0.15) is 0 Å². The highest BCUT2D eigenvalue weighted by molar-refractivity contribution is 6.43. The number of hydrogen-bond acceptors (Lipinski definition) is 3. The summed E-state index contributed by atoms with van der Waals surface area (Å²) in [7, 11) is 0. The lowest BCUT2D eigenvalue weighted by Gasteiger charge is -2.39. The molecule has 0 bridgehead atoms. The first-order chi connectivity index (χ1) is 10.7. The van der Waals surface area contributed by atoms with Crippen molar-refractivity contribution >= 4 is 28.9 Å². The molecule has 1 aromatic heterocycles. The first-order valence-corrected chi connectivity index (χ1v) is 8.25. The fourth-order valence-electron chi connectivity index (χ4n) is 2.92. The lowest BCUT2D eigenvalue weighted by Crippen LogP contribution is -2.47. The van der Waals surface area contributed by atoms with Gasteiger partial charge in [0.25, 0.3) is 0 Å². The molecule has 0 amide bonds. The number of nitrogens with zero attached hydrogens (tertiary/aromatic N) is 3. The molecule has 5 heteroatoms. The molecular weight excluding hydrogens is 317 g/mol. The van der Waals surface area contributed by atoms with Gasteiger partial charge in [-0.25, -0.2) is 0 Å². The molecular formula is C17H19Cl2N3. The van der Waals surface area contributed by atoms with Gasteiger partial charge in [0.2, 0.25) is 0 Å².